The molecule has 16 aromatic rings. The van der Waals surface area contributed by atoms with Crippen LogP contribution in [0.25, 0.3) is 155 Å². The lowest BCUT2D eigenvalue weighted by Crippen LogP contribution is -2.06. The number of rotatable bonds is 9. The SMILES string of the molecule is [C-]#[N+]c1ccc(-n2c3ccc(-c4ccccc4)cc3c3cc(-c4ccccc4)ccc32)c(-c2nc(-c3ccccc3)nc(-c3ccc(-c4cccc(-n5c6ccccc6c6ccccc65)c4C#N)cc3-n3c4ccccc4c4ccccc43)n2)c1. The Kier molecular flexibility index (Phi) is 11.5. The van der Waals surface area contributed by atoms with Crippen LogP contribution in [0.2, 0.25) is 0 Å². The van der Waals surface area contributed by atoms with Crippen LogP contribution in [0.15, 0.2) is 279 Å². The molecule has 16 rings (SSSR count). The van der Waals surface area contributed by atoms with Crippen molar-refractivity contribution in [2.75, 3.05) is 0 Å². The molecule has 4 aromatic heterocycles. The minimum atomic E-state index is 0.407. The molecule has 4 heterocycles. The van der Waals surface area contributed by atoms with E-state index in [4.69, 9.17) is 21.5 Å². The minimum Gasteiger partial charge on any atom is -0.309 e. The fourth-order valence-electron chi connectivity index (χ4n) is 12.7. The second-order valence-electron chi connectivity index (χ2n) is 21.3. The molecular formula is C77H46N8. The highest BCUT2D eigenvalue weighted by atomic mass is 15.1. The molecule has 0 spiro atoms. The van der Waals surface area contributed by atoms with Gasteiger partial charge < -0.3 is 13.7 Å². The normalized spacial score (nSPS) is 11.5. The first-order chi connectivity index (χ1) is 42.1. The summed E-state index contributed by atoms with van der Waals surface area (Å²) in [5.74, 6) is 1.32. The molecule has 0 saturated carbocycles. The molecule has 0 N–H and O–H groups in total. The fraction of sp³-hybridized carbons (Fsp3) is 0. The van der Waals surface area contributed by atoms with Crippen molar-refractivity contribution in [2.24, 2.45) is 0 Å². The Hall–Kier alpha value is -12.0. The number of fused-ring (bicyclic) bond motifs is 9. The van der Waals surface area contributed by atoms with Crippen LogP contribution in [-0.4, -0.2) is 28.7 Å². The van der Waals surface area contributed by atoms with Crippen molar-refractivity contribution < 1.29 is 0 Å². The molecule has 0 aliphatic rings. The zero-order chi connectivity index (χ0) is 56.5. The number of hydrogen-bond donors (Lipinski definition) is 0. The second-order valence-corrected chi connectivity index (χ2v) is 21.3. The zero-order valence-corrected chi connectivity index (χ0v) is 45.6. The second kappa shape index (κ2) is 19.9. The summed E-state index contributed by atoms with van der Waals surface area (Å²) in [5, 5.41) is 18.0. The molecule has 0 fully saturated rings. The van der Waals surface area contributed by atoms with Gasteiger partial charge in [0.05, 0.1) is 62.3 Å². The van der Waals surface area contributed by atoms with Crippen LogP contribution in [0.3, 0.4) is 0 Å². The molecule has 85 heavy (non-hydrogen) atoms. The molecule has 394 valence electrons. The van der Waals surface area contributed by atoms with Gasteiger partial charge in [0, 0.05) is 54.6 Å². The van der Waals surface area contributed by atoms with Crippen LogP contribution in [0.1, 0.15) is 5.56 Å². The molecule has 0 saturated heterocycles. The van der Waals surface area contributed by atoms with Crippen LogP contribution in [-0.2, 0) is 0 Å². The lowest BCUT2D eigenvalue weighted by Gasteiger charge is -2.18. The highest BCUT2D eigenvalue weighted by molar-refractivity contribution is 6.13. The minimum absolute atomic E-state index is 0.407. The molecular weight excluding hydrogens is 1040 g/mol. The predicted molar refractivity (Wildman–Crippen MR) is 346 cm³/mol. The summed E-state index contributed by atoms with van der Waals surface area (Å²) in [7, 11) is 0. The Bertz CT molecular complexity index is 5240. The van der Waals surface area contributed by atoms with Gasteiger partial charge in [0.25, 0.3) is 0 Å². The highest BCUT2D eigenvalue weighted by Gasteiger charge is 2.25. The van der Waals surface area contributed by atoms with Crippen molar-refractivity contribution >= 4 is 71.1 Å². The van der Waals surface area contributed by atoms with E-state index in [1.807, 2.05) is 78.9 Å². The number of hydrogen-bond acceptors (Lipinski definition) is 4. The first-order valence-corrected chi connectivity index (χ1v) is 28.3. The molecule has 8 heteroatoms. The molecule has 8 nitrogen and oxygen atoms in total. The largest absolute Gasteiger partial charge is 0.309 e. The summed E-state index contributed by atoms with van der Waals surface area (Å²) in [6, 6.07) is 99.1. The lowest BCUT2D eigenvalue weighted by molar-refractivity contribution is 1.06. The quantitative estimate of drug-likeness (QED) is 0.135. The Labute approximate surface area is 489 Å². The molecule has 12 aromatic carbocycles. The summed E-state index contributed by atoms with van der Waals surface area (Å²) in [6.45, 7) is 8.40. The topological polar surface area (TPSA) is 81.6 Å². The van der Waals surface area contributed by atoms with Gasteiger partial charge in [0.2, 0.25) is 0 Å². The molecule has 0 radical (unpaired) electrons. The van der Waals surface area contributed by atoms with Gasteiger partial charge in [-0.05, 0) is 107 Å². The maximum absolute atomic E-state index is 11.4. The average molecular weight is 1080 g/mol. The van der Waals surface area contributed by atoms with E-state index in [0.717, 1.165) is 127 Å². The Morgan fingerprint density at radius 2 is 0.729 bits per heavy atom. The van der Waals surface area contributed by atoms with E-state index in [9.17, 15) is 5.26 Å². The number of benzene rings is 12. The number of nitriles is 1. The Morgan fingerprint density at radius 3 is 1.25 bits per heavy atom. The smallest absolute Gasteiger partial charge is 0.188 e. The van der Waals surface area contributed by atoms with E-state index in [-0.39, 0.29) is 0 Å². The van der Waals surface area contributed by atoms with Gasteiger partial charge in [0.1, 0.15) is 6.07 Å². The van der Waals surface area contributed by atoms with Gasteiger partial charge >= 0.3 is 0 Å². The Morgan fingerprint density at radius 1 is 0.294 bits per heavy atom. The van der Waals surface area contributed by atoms with Crippen LogP contribution in [0.5, 0.6) is 0 Å². The van der Waals surface area contributed by atoms with Crippen molar-refractivity contribution in [1.29, 1.82) is 5.26 Å². The van der Waals surface area contributed by atoms with Crippen molar-refractivity contribution in [3.8, 4) is 90.7 Å². The third kappa shape index (κ3) is 8.01. The van der Waals surface area contributed by atoms with Crippen LogP contribution >= 0.6 is 0 Å². The molecule has 0 atom stereocenters. The number of aromatic nitrogens is 6. The molecule has 0 aliphatic carbocycles. The lowest BCUT2D eigenvalue weighted by atomic mass is 9.96. The number of nitrogens with zero attached hydrogens (tertiary/aromatic N) is 8. The summed E-state index contributed by atoms with van der Waals surface area (Å²) >= 11 is 0. The van der Waals surface area contributed by atoms with Crippen molar-refractivity contribution in [3.63, 3.8) is 0 Å². The fourth-order valence-corrected chi connectivity index (χ4v) is 12.7. The van der Waals surface area contributed by atoms with E-state index >= 15 is 0 Å². The highest BCUT2D eigenvalue weighted by Crippen LogP contribution is 2.44. The Balaban J connectivity index is 0.953. The van der Waals surface area contributed by atoms with Crippen LogP contribution in [0, 0.1) is 17.9 Å². The predicted octanol–water partition coefficient (Wildman–Crippen LogP) is 19.6. The molecule has 0 bridgehead atoms. The first-order valence-electron chi connectivity index (χ1n) is 28.3. The molecule has 0 unspecified atom stereocenters. The van der Waals surface area contributed by atoms with Crippen molar-refractivity contribution in [2.45, 2.75) is 0 Å². The van der Waals surface area contributed by atoms with Crippen LogP contribution in [0.4, 0.5) is 5.69 Å². The van der Waals surface area contributed by atoms with Gasteiger partial charge in [-0.1, -0.05) is 200 Å². The zero-order valence-electron chi connectivity index (χ0n) is 45.6. The van der Waals surface area contributed by atoms with E-state index in [1.54, 1.807) is 0 Å². The first kappa shape index (κ1) is 48.9. The monoisotopic (exact) mass is 1080 g/mol. The third-order valence-electron chi connectivity index (χ3n) is 16.6. The van der Waals surface area contributed by atoms with Crippen molar-refractivity contribution in [3.05, 3.63) is 296 Å². The average Bonchev–Trinajstić information content (AvgIpc) is 1.87. The third-order valence-corrected chi connectivity index (χ3v) is 16.6. The van der Waals surface area contributed by atoms with E-state index in [1.165, 1.54) is 0 Å². The van der Waals surface area contributed by atoms with Crippen LogP contribution < -0.4 is 0 Å². The number of para-hydroxylation sites is 4. The van der Waals surface area contributed by atoms with Gasteiger partial charge in [0.15, 0.2) is 23.2 Å². The van der Waals surface area contributed by atoms with Crippen molar-refractivity contribution in [1.82, 2.24) is 28.7 Å². The summed E-state index contributed by atoms with van der Waals surface area (Å²) in [4.78, 5) is 20.4. The van der Waals surface area contributed by atoms with Gasteiger partial charge in [-0.25, -0.2) is 19.8 Å². The maximum Gasteiger partial charge on any atom is 0.188 e. The summed E-state index contributed by atoms with van der Waals surface area (Å²) in [5.41, 5.74) is 17.8. The molecule has 0 aliphatic heterocycles. The summed E-state index contributed by atoms with van der Waals surface area (Å²) < 4.78 is 6.81. The van der Waals surface area contributed by atoms with Gasteiger partial charge in [-0.15, -0.1) is 0 Å². The summed E-state index contributed by atoms with van der Waals surface area (Å²) in [6.07, 6.45) is 0. The molecule has 0 amide bonds. The van der Waals surface area contributed by atoms with E-state index < -0.39 is 0 Å². The van der Waals surface area contributed by atoms with E-state index in [2.05, 4.69) is 225 Å². The maximum atomic E-state index is 11.4. The van der Waals surface area contributed by atoms with Gasteiger partial charge in [-0.3, -0.25) is 0 Å². The standard InChI is InChI=1S/C77H46N8/c1-79-55-39-43-73(84-71-41-37-52(49-20-5-2-6-21-49)44-62(71)63-45-53(38-42-72(63)84)50-22-7-3-8-23-50)64(47-55)77-81-75(51-24-9-4-10-25-51)80-76(82-77)61-40-36-54(46-74(61)85-68-33-17-13-28-59(68)60-29-14-18-34-69(60)85)56-30-19-35-70(65(56)48-78)83-66-31-15-11-26-57(66)58-27-12-16-32-67(58)83/h2-47H. The van der Waals surface area contributed by atoms with E-state index in [0.29, 0.717) is 34.3 Å². The van der Waals surface area contributed by atoms with Gasteiger partial charge in [-0.2, -0.15) is 5.26 Å².